The maximum atomic E-state index is 12.5. The summed E-state index contributed by atoms with van der Waals surface area (Å²) >= 11 is 28.9. The van der Waals surface area contributed by atoms with Gasteiger partial charge in [0, 0.05) is 13.7 Å². The van der Waals surface area contributed by atoms with Gasteiger partial charge in [0.05, 0.1) is 5.56 Å². The number of carbonyl (C=O) groups is 1. The Morgan fingerprint density at radius 2 is 1.85 bits per heavy atom. The Bertz CT molecular complexity index is 864. The third-order valence-corrected chi connectivity index (χ3v) is 5.67. The number of anilines is 1. The number of benzene rings is 2. The molecule has 0 fully saturated rings. The fourth-order valence-corrected chi connectivity index (χ4v) is 3.78. The molecule has 0 spiro atoms. The molecule has 2 aromatic carbocycles. The maximum absolute atomic E-state index is 12.5. The molecule has 0 heterocycles. The third-order valence-electron chi connectivity index (χ3n) is 3.43. The highest BCUT2D eigenvalue weighted by molar-refractivity contribution is 14.1. The number of thiocarbonyl (C=S) groups is 1. The van der Waals surface area contributed by atoms with Crippen LogP contribution in [0, 0.1) is 10.5 Å². The number of hydrogen-bond donors (Lipinski definition) is 3. The van der Waals surface area contributed by atoms with Crippen LogP contribution in [0.4, 0.5) is 5.69 Å². The second kappa shape index (κ2) is 9.93. The number of alkyl halides is 3. The molecular formula is C17H14BrCl3IN3OS. The van der Waals surface area contributed by atoms with Crippen molar-refractivity contribution >= 4 is 102 Å². The zero-order valence-electron chi connectivity index (χ0n) is 13.8. The summed E-state index contributed by atoms with van der Waals surface area (Å²) in [5, 5.41) is 8.75. The molecule has 3 N–H and O–H groups in total. The van der Waals surface area contributed by atoms with Gasteiger partial charge in [-0.1, -0.05) is 46.9 Å². The summed E-state index contributed by atoms with van der Waals surface area (Å²) in [5.41, 5.74) is 2.23. The Hall–Kier alpha value is -0.320. The lowest BCUT2D eigenvalue weighted by Gasteiger charge is -2.28. The second-order valence-electron chi connectivity index (χ2n) is 5.49. The summed E-state index contributed by atoms with van der Waals surface area (Å²) in [7, 11) is 0. The average molecular weight is 622 g/mol. The fraction of sp³-hybridized carbons (Fsp3) is 0.176. The van der Waals surface area contributed by atoms with Gasteiger partial charge >= 0.3 is 0 Å². The first kappa shape index (κ1) is 23.0. The van der Waals surface area contributed by atoms with Gasteiger partial charge in [0.1, 0.15) is 6.17 Å². The van der Waals surface area contributed by atoms with Gasteiger partial charge < -0.3 is 16.0 Å². The van der Waals surface area contributed by atoms with Gasteiger partial charge in [0.15, 0.2) is 5.11 Å². The molecule has 27 heavy (non-hydrogen) atoms. The van der Waals surface area contributed by atoms with Crippen molar-refractivity contribution in [3.63, 3.8) is 0 Å². The van der Waals surface area contributed by atoms with E-state index in [2.05, 4.69) is 54.5 Å². The molecular weight excluding hydrogens is 607 g/mol. The molecule has 0 aliphatic carbocycles. The first-order chi connectivity index (χ1) is 12.6. The molecule has 10 heteroatoms. The Morgan fingerprint density at radius 1 is 1.19 bits per heavy atom. The number of rotatable bonds is 4. The maximum Gasteiger partial charge on any atom is 0.254 e. The van der Waals surface area contributed by atoms with Crippen molar-refractivity contribution in [2.45, 2.75) is 16.9 Å². The SMILES string of the molecule is Cc1cc(I)ccc1NC(=S)NC(NC(=O)c1ccccc1Br)C(Cl)(Cl)Cl. The Morgan fingerprint density at radius 3 is 2.44 bits per heavy atom. The second-order valence-corrected chi connectivity index (χ2v) is 10.4. The lowest BCUT2D eigenvalue weighted by Crippen LogP contribution is -2.56. The minimum atomic E-state index is -1.83. The molecule has 0 aliphatic rings. The first-order valence-corrected chi connectivity index (χ1v) is 10.9. The highest BCUT2D eigenvalue weighted by Crippen LogP contribution is 2.30. The summed E-state index contributed by atoms with van der Waals surface area (Å²) in [6.07, 6.45) is -1.05. The predicted molar refractivity (Wildman–Crippen MR) is 129 cm³/mol. The molecule has 1 unspecified atom stereocenters. The summed E-state index contributed by atoms with van der Waals surface area (Å²) < 4.78 is -0.0979. The van der Waals surface area contributed by atoms with E-state index in [1.807, 2.05) is 25.1 Å². The van der Waals surface area contributed by atoms with E-state index in [0.717, 1.165) is 14.8 Å². The molecule has 0 saturated heterocycles. The quantitative estimate of drug-likeness (QED) is 0.176. The van der Waals surface area contributed by atoms with E-state index in [1.54, 1.807) is 24.3 Å². The smallest absolute Gasteiger partial charge is 0.254 e. The molecule has 2 rings (SSSR count). The largest absolute Gasteiger partial charge is 0.339 e. The molecule has 144 valence electrons. The van der Waals surface area contributed by atoms with Gasteiger partial charge in [0.25, 0.3) is 5.91 Å². The van der Waals surface area contributed by atoms with Crippen LogP contribution in [0.15, 0.2) is 46.9 Å². The number of aryl methyl sites for hydroxylation is 1. The van der Waals surface area contributed by atoms with Crippen molar-refractivity contribution in [3.8, 4) is 0 Å². The summed E-state index contributed by atoms with van der Waals surface area (Å²) in [5.74, 6) is -0.417. The average Bonchev–Trinajstić information content (AvgIpc) is 2.56. The summed E-state index contributed by atoms with van der Waals surface area (Å²) in [6.45, 7) is 1.95. The number of nitrogens with one attached hydrogen (secondary N) is 3. The van der Waals surface area contributed by atoms with Gasteiger partial charge in [-0.15, -0.1) is 0 Å². The lowest BCUT2D eigenvalue weighted by molar-refractivity contribution is 0.0934. The molecule has 1 atom stereocenters. The number of amides is 1. The van der Waals surface area contributed by atoms with Crippen molar-refractivity contribution < 1.29 is 4.79 Å². The van der Waals surface area contributed by atoms with Crippen LogP contribution in [0.1, 0.15) is 15.9 Å². The number of carbonyl (C=O) groups excluding carboxylic acids is 1. The van der Waals surface area contributed by atoms with E-state index in [-0.39, 0.29) is 5.11 Å². The normalized spacial score (nSPS) is 12.2. The zero-order chi connectivity index (χ0) is 20.2. The van der Waals surface area contributed by atoms with Crippen LogP contribution >= 0.6 is 85.5 Å². The Balaban J connectivity index is 2.11. The molecule has 4 nitrogen and oxygen atoms in total. The van der Waals surface area contributed by atoms with Crippen molar-refractivity contribution in [1.29, 1.82) is 0 Å². The van der Waals surface area contributed by atoms with Crippen LogP contribution < -0.4 is 16.0 Å². The van der Waals surface area contributed by atoms with Crippen molar-refractivity contribution in [2.75, 3.05) is 5.32 Å². The van der Waals surface area contributed by atoms with Gasteiger partial charge in [0.2, 0.25) is 3.79 Å². The van der Waals surface area contributed by atoms with Gasteiger partial charge in [-0.25, -0.2) is 0 Å². The van der Waals surface area contributed by atoms with Crippen LogP contribution in [0.3, 0.4) is 0 Å². The molecule has 2 aromatic rings. The minimum Gasteiger partial charge on any atom is -0.339 e. The highest BCUT2D eigenvalue weighted by Gasteiger charge is 2.35. The van der Waals surface area contributed by atoms with Crippen molar-refractivity contribution in [2.24, 2.45) is 0 Å². The van der Waals surface area contributed by atoms with Crippen molar-refractivity contribution in [3.05, 3.63) is 61.6 Å². The molecule has 0 aliphatic heterocycles. The molecule has 0 bridgehead atoms. The third kappa shape index (κ3) is 6.90. The van der Waals surface area contributed by atoms with E-state index >= 15 is 0 Å². The molecule has 1 amide bonds. The van der Waals surface area contributed by atoms with Crippen LogP contribution in [-0.2, 0) is 0 Å². The highest BCUT2D eigenvalue weighted by atomic mass is 127. The summed E-state index contributed by atoms with van der Waals surface area (Å²) in [4.78, 5) is 12.5. The topological polar surface area (TPSA) is 53.2 Å². The molecule has 0 radical (unpaired) electrons. The van der Waals surface area contributed by atoms with Crippen LogP contribution in [-0.4, -0.2) is 21.0 Å². The Labute approximate surface area is 200 Å². The standard InChI is InChI=1S/C17H14BrCl3IN3OS/c1-9-8-10(22)6-7-13(9)23-16(27)25-15(17(19,20)21)24-14(26)11-4-2-3-5-12(11)18/h2-8,15H,1H3,(H,24,26)(H2,23,25,27). The Kier molecular flexibility index (Phi) is 8.45. The van der Waals surface area contributed by atoms with E-state index in [0.29, 0.717) is 10.0 Å². The van der Waals surface area contributed by atoms with Crippen LogP contribution in [0.5, 0.6) is 0 Å². The van der Waals surface area contributed by atoms with Crippen LogP contribution in [0.25, 0.3) is 0 Å². The van der Waals surface area contributed by atoms with Gasteiger partial charge in [-0.2, -0.15) is 0 Å². The minimum absolute atomic E-state index is 0.211. The lowest BCUT2D eigenvalue weighted by atomic mass is 10.2. The van der Waals surface area contributed by atoms with E-state index in [4.69, 9.17) is 47.0 Å². The number of hydrogen-bond acceptors (Lipinski definition) is 2. The van der Waals surface area contributed by atoms with E-state index in [1.165, 1.54) is 0 Å². The molecule has 0 saturated carbocycles. The first-order valence-electron chi connectivity index (χ1n) is 7.53. The molecule has 0 aromatic heterocycles. The monoisotopic (exact) mass is 619 g/mol. The van der Waals surface area contributed by atoms with E-state index < -0.39 is 15.9 Å². The van der Waals surface area contributed by atoms with E-state index in [9.17, 15) is 4.79 Å². The van der Waals surface area contributed by atoms with Gasteiger partial charge in [-0.3, -0.25) is 4.79 Å². The number of halogens is 5. The van der Waals surface area contributed by atoms with Crippen molar-refractivity contribution in [1.82, 2.24) is 10.6 Å². The van der Waals surface area contributed by atoms with Crippen LogP contribution in [0.2, 0.25) is 0 Å². The predicted octanol–water partition coefficient (Wildman–Crippen LogP) is 5.77. The zero-order valence-corrected chi connectivity index (χ0v) is 20.7. The fourth-order valence-electron chi connectivity index (χ4n) is 2.11. The van der Waals surface area contributed by atoms with Gasteiger partial charge in [-0.05, 0) is 93.6 Å². The summed E-state index contributed by atoms with van der Waals surface area (Å²) in [6, 6.07) is 12.8.